The van der Waals surface area contributed by atoms with E-state index < -0.39 is 0 Å². The molecule has 42 heavy (non-hydrogen) atoms. The summed E-state index contributed by atoms with van der Waals surface area (Å²) in [5.74, 6) is 2.28. The number of aromatic nitrogens is 2. The molecule has 6 rings (SSSR count). The maximum atomic E-state index is 6.10. The summed E-state index contributed by atoms with van der Waals surface area (Å²) in [5.41, 5.74) is 9.22. The van der Waals surface area contributed by atoms with Gasteiger partial charge in [-0.1, -0.05) is 24.3 Å². The van der Waals surface area contributed by atoms with Crippen LogP contribution >= 0.6 is 12.2 Å². The molecule has 3 aromatic carbocycles. The lowest BCUT2D eigenvalue weighted by molar-refractivity contribution is 0.413. The molecule has 3 heterocycles. The molecule has 212 valence electrons. The highest BCUT2D eigenvalue weighted by Crippen LogP contribution is 2.44. The van der Waals surface area contributed by atoms with E-state index in [1.165, 1.54) is 33.8 Å². The maximum Gasteiger partial charge on any atom is 0.174 e. The molecule has 2 unspecified atom stereocenters. The molecule has 0 radical (unpaired) electrons. The SMILES string of the molecule is COc1ccc(Oc2ccc(N3C(=S)NC(c4ccccn4)C3c3cc(C)n(-c4c(C)cccc4C)c3C)cc2)cc1. The average molecular weight is 575 g/mol. The fourth-order valence-corrected chi connectivity index (χ4v) is 6.34. The Morgan fingerprint density at radius 1 is 0.786 bits per heavy atom. The van der Waals surface area contributed by atoms with Gasteiger partial charge >= 0.3 is 0 Å². The van der Waals surface area contributed by atoms with Crippen molar-refractivity contribution >= 4 is 23.0 Å². The number of para-hydroxylation sites is 1. The van der Waals surface area contributed by atoms with Crippen molar-refractivity contribution in [3.8, 4) is 22.9 Å². The van der Waals surface area contributed by atoms with E-state index in [4.69, 9.17) is 26.7 Å². The maximum absolute atomic E-state index is 6.10. The van der Waals surface area contributed by atoms with Crippen molar-refractivity contribution in [2.45, 2.75) is 39.8 Å². The molecule has 1 fully saturated rings. The lowest BCUT2D eigenvalue weighted by atomic mass is 9.96. The number of hydrogen-bond donors (Lipinski definition) is 1. The van der Waals surface area contributed by atoms with Crippen LogP contribution in [0.4, 0.5) is 5.69 Å². The first-order chi connectivity index (χ1) is 20.4. The Labute approximate surface area is 252 Å². The van der Waals surface area contributed by atoms with Crippen LogP contribution in [0.3, 0.4) is 0 Å². The Hall–Kier alpha value is -4.62. The van der Waals surface area contributed by atoms with Crippen LogP contribution in [-0.2, 0) is 0 Å². The van der Waals surface area contributed by atoms with Crippen LogP contribution in [0.1, 0.15) is 45.9 Å². The molecule has 0 amide bonds. The van der Waals surface area contributed by atoms with Gasteiger partial charge in [-0.2, -0.15) is 0 Å². The fourth-order valence-electron chi connectivity index (χ4n) is 5.99. The van der Waals surface area contributed by atoms with Gasteiger partial charge in [-0.05, 0) is 123 Å². The standard InChI is InChI=1S/C35H34N4O2S/c1-22-9-8-10-23(2)33(22)38-24(3)21-30(25(38)4)34-32(31-11-6-7-20-36-31)37-35(42)39(34)26-12-14-28(15-13-26)41-29-18-16-27(40-5)17-19-29/h6-21,32,34H,1-5H3,(H,37,42). The van der Waals surface area contributed by atoms with E-state index in [1.54, 1.807) is 7.11 Å². The van der Waals surface area contributed by atoms with E-state index in [9.17, 15) is 0 Å². The van der Waals surface area contributed by atoms with E-state index in [2.05, 4.69) is 84.9 Å². The number of rotatable bonds is 7. The summed E-state index contributed by atoms with van der Waals surface area (Å²) in [5, 5.41) is 4.26. The molecule has 1 saturated heterocycles. The van der Waals surface area contributed by atoms with Crippen molar-refractivity contribution in [1.82, 2.24) is 14.9 Å². The van der Waals surface area contributed by atoms with E-state index in [-0.39, 0.29) is 12.1 Å². The molecule has 0 aliphatic carbocycles. The first kappa shape index (κ1) is 27.5. The Morgan fingerprint density at radius 3 is 2.05 bits per heavy atom. The summed E-state index contributed by atoms with van der Waals surface area (Å²) >= 11 is 5.99. The predicted molar refractivity (Wildman–Crippen MR) is 172 cm³/mol. The molecule has 2 atom stereocenters. The largest absolute Gasteiger partial charge is 0.497 e. The number of nitrogens with one attached hydrogen (secondary N) is 1. The molecule has 6 nitrogen and oxygen atoms in total. The van der Waals surface area contributed by atoms with Crippen molar-refractivity contribution in [3.63, 3.8) is 0 Å². The second-order valence-corrected chi connectivity index (χ2v) is 11.1. The minimum Gasteiger partial charge on any atom is -0.497 e. The van der Waals surface area contributed by atoms with Gasteiger partial charge in [0.2, 0.25) is 0 Å². The summed E-state index contributed by atoms with van der Waals surface area (Å²) in [6, 6.07) is 30.2. The zero-order chi connectivity index (χ0) is 29.4. The minimum absolute atomic E-state index is 0.106. The molecule has 0 bridgehead atoms. The van der Waals surface area contributed by atoms with Crippen LogP contribution in [0, 0.1) is 27.7 Å². The number of thiocarbonyl (C=S) groups is 1. The van der Waals surface area contributed by atoms with Crippen molar-refractivity contribution in [3.05, 3.63) is 131 Å². The zero-order valence-corrected chi connectivity index (χ0v) is 25.3. The summed E-state index contributed by atoms with van der Waals surface area (Å²) in [4.78, 5) is 6.94. The van der Waals surface area contributed by atoms with Gasteiger partial charge in [0.15, 0.2) is 5.11 Å². The normalized spacial score (nSPS) is 16.4. The second kappa shape index (κ2) is 11.3. The highest BCUT2D eigenvalue weighted by molar-refractivity contribution is 7.80. The Kier molecular flexibility index (Phi) is 7.43. The van der Waals surface area contributed by atoms with Gasteiger partial charge in [0.1, 0.15) is 17.2 Å². The lowest BCUT2D eigenvalue weighted by Gasteiger charge is -2.28. The van der Waals surface area contributed by atoms with Crippen molar-refractivity contribution < 1.29 is 9.47 Å². The van der Waals surface area contributed by atoms with Gasteiger partial charge in [0, 0.05) is 23.3 Å². The highest BCUT2D eigenvalue weighted by atomic mass is 32.1. The minimum atomic E-state index is -0.124. The van der Waals surface area contributed by atoms with Crippen molar-refractivity contribution in [2.24, 2.45) is 0 Å². The summed E-state index contributed by atoms with van der Waals surface area (Å²) in [6.45, 7) is 8.72. The molecule has 1 aliphatic rings. The predicted octanol–water partition coefficient (Wildman–Crippen LogP) is 8.08. The monoisotopic (exact) mass is 574 g/mol. The molecule has 1 aliphatic heterocycles. The van der Waals surface area contributed by atoms with Gasteiger partial charge < -0.3 is 24.3 Å². The molecule has 7 heteroatoms. The van der Waals surface area contributed by atoms with Gasteiger partial charge in [-0.15, -0.1) is 0 Å². The third-order valence-electron chi connectivity index (χ3n) is 7.96. The van der Waals surface area contributed by atoms with E-state index in [0.717, 1.165) is 28.6 Å². The van der Waals surface area contributed by atoms with E-state index in [1.807, 2.05) is 54.7 Å². The number of nitrogens with zero attached hydrogens (tertiary/aromatic N) is 3. The van der Waals surface area contributed by atoms with Gasteiger partial charge in [-0.3, -0.25) is 4.98 Å². The molecule has 1 N–H and O–H groups in total. The number of ether oxygens (including phenoxy) is 2. The van der Waals surface area contributed by atoms with Crippen LogP contribution in [0.25, 0.3) is 5.69 Å². The molecule has 0 saturated carbocycles. The molecule has 5 aromatic rings. The number of methoxy groups -OCH3 is 1. The van der Waals surface area contributed by atoms with Crippen LogP contribution in [-0.4, -0.2) is 21.8 Å². The summed E-state index contributed by atoms with van der Waals surface area (Å²) in [6.07, 6.45) is 1.84. The first-order valence-electron chi connectivity index (χ1n) is 14.0. The topological polar surface area (TPSA) is 51.6 Å². The Morgan fingerprint density at radius 2 is 1.43 bits per heavy atom. The van der Waals surface area contributed by atoms with Gasteiger partial charge in [-0.25, -0.2) is 0 Å². The molecular formula is C35H34N4O2S. The third-order valence-corrected chi connectivity index (χ3v) is 8.27. The Bertz CT molecular complexity index is 1710. The van der Waals surface area contributed by atoms with Crippen LogP contribution in [0.15, 0.2) is 97.2 Å². The Balaban J connectivity index is 1.41. The van der Waals surface area contributed by atoms with Crippen molar-refractivity contribution in [2.75, 3.05) is 12.0 Å². The third kappa shape index (κ3) is 5.01. The summed E-state index contributed by atoms with van der Waals surface area (Å²) in [7, 11) is 1.65. The number of benzene rings is 3. The summed E-state index contributed by atoms with van der Waals surface area (Å²) < 4.78 is 13.7. The zero-order valence-electron chi connectivity index (χ0n) is 24.5. The number of hydrogen-bond acceptors (Lipinski definition) is 4. The van der Waals surface area contributed by atoms with E-state index in [0.29, 0.717) is 5.11 Å². The fraction of sp³-hybridized carbons (Fsp3) is 0.200. The smallest absolute Gasteiger partial charge is 0.174 e. The number of anilines is 1. The van der Waals surface area contributed by atoms with Gasteiger partial charge in [0.25, 0.3) is 0 Å². The number of pyridine rings is 1. The quantitative estimate of drug-likeness (QED) is 0.198. The van der Waals surface area contributed by atoms with Crippen molar-refractivity contribution in [1.29, 1.82) is 0 Å². The van der Waals surface area contributed by atoms with Crippen LogP contribution < -0.4 is 19.7 Å². The first-order valence-corrected chi connectivity index (χ1v) is 14.4. The molecule has 0 spiro atoms. The van der Waals surface area contributed by atoms with Gasteiger partial charge in [0.05, 0.1) is 30.6 Å². The highest BCUT2D eigenvalue weighted by Gasteiger charge is 2.42. The average Bonchev–Trinajstić information content (AvgIpc) is 3.49. The van der Waals surface area contributed by atoms with E-state index >= 15 is 0 Å². The lowest BCUT2D eigenvalue weighted by Crippen LogP contribution is -2.29. The molecular weight excluding hydrogens is 540 g/mol. The second-order valence-electron chi connectivity index (χ2n) is 10.7. The van der Waals surface area contributed by atoms with Crippen LogP contribution in [0.5, 0.6) is 17.2 Å². The molecule has 2 aromatic heterocycles. The van der Waals surface area contributed by atoms with Crippen LogP contribution in [0.2, 0.25) is 0 Å². The number of aryl methyl sites for hydroxylation is 3.